The molecule has 28 heavy (non-hydrogen) atoms. The molecule has 2 aromatic carbocycles. The van der Waals surface area contributed by atoms with Crippen molar-refractivity contribution < 1.29 is 13.9 Å². The van der Waals surface area contributed by atoms with Crippen LogP contribution in [0.5, 0.6) is 0 Å². The fraction of sp³-hybridized carbons (Fsp3) is 0.227. The molecule has 2 amide bonds. The number of methoxy groups -OCH3 is 1. The Balaban J connectivity index is 1.73. The maximum atomic E-state index is 13.9. The Labute approximate surface area is 164 Å². The Morgan fingerprint density at radius 3 is 2.57 bits per heavy atom. The minimum Gasteiger partial charge on any atom is -0.383 e. The summed E-state index contributed by atoms with van der Waals surface area (Å²) in [5, 5.41) is 2.65. The van der Waals surface area contributed by atoms with Gasteiger partial charge in [-0.3, -0.25) is 0 Å². The van der Waals surface area contributed by atoms with E-state index in [4.69, 9.17) is 4.74 Å². The average Bonchev–Trinajstić information content (AvgIpc) is 3.14. The predicted octanol–water partition coefficient (Wildman–Crippen LogP) is 4.36. The number of ether oxygens (including phenoxy) is 1. The van der Waals surface area contributed by atoms with Crippen molar-refractivity contribution in [3.63, 3.8) is 0 Å². The van der Waals surface area contributed by atoms with Gasteiger partial charge in [0.15, 0.2) is 0 Å². The number of nitrogens with one attached hydrogen (secondary N) is 1. The van der Waals surface area contributed by atoms with Crippen LogP contribution in [0, 0.1) is 5.82 Å². The van der Waals surface area contributed by atoms with Crippen molar-refractivity contribution in [2.24, 2.45) is 0 Å². The number of aromatic nitrogens is 1. The number of para-hydroxylation sites is 1. The Bertz CT molecular complexity index is 896. The van der Waals surface area contributed by atoms with Crippen LogP contribution in [0.25, 0.3) is 0 Å². The Morgan fingerprint density at radius 1 is 1.07 bits per heavy atom. The van der Waals surface area contributed by atoms with Crippen molar-refractivity contribution in [1.29, 1.82) is 0 Å². The summed E-state index contributed by atoms with van der Waals surface area (Å²) in [7, 11) is 1.59. The average molecular weight is 381 g/mol. The van der Waals surface area contributed by atoms with Crippen LogP contribution in [0.3, 0.4) is 0 Å². The number of carbonyl (C=O) groups is 1. The number of carbonyl (C=O) groups excluding carboxylic acids is 1. The van der Waals surface area contributed by atoms with Crippen LogP contribution < -0.4 is 5.32 Å². The van der Waals surface area contributed by atoms with E-state index in [1.165, 1.54) is 11.6 Å². The molecule has 0 atom stereocenters. The van der Waals surface area contributed by atoms with Crippen molar-refractivity contribution >= 4 is 11.7 Å². The third kappa shape index (κ3) is 5.20. The lowest BCUT2D eigenvalue weighted by molar-refractivity contribution is 0.151. The van der Waals surface area contributed by atoms with Gasteiger partial charge in [-0.1, -0.05) is 42.5 Å². The van der Waals surface area contributed by atoms with Gasteiger partial charge in [-0.05, 0) is 29.8 Å². The molecule has 0 aliphatic rings. The fourth-order valence-electron chi connectivity index (χ4n) is 2.93. The van der Waals surface area contributed by atoms with Gasteiger partial charge in [-0.15, -0.1) is 0 Å². The van der Waals surface area contributed by atoms with E-state index in [0.29, 0.717) is 19.7 Å². The molecule has 0 bridgehead atoms. The maximum Gasteiger partial charge on any atom is 0.322 e. The molecule has 0 fully saturated rings. The van der Waals surface area contributed by atoms with Crippen LogP contribution in [0.2, 0.25) is 0 Å². The molecule has 0 aliphatic carbocycles. The number of hydrogen-bond donors (Lipinski definition) is 1. The molecule has 0 radical (unpaired) electrons. The van der Waals surface area contributed by atoms with Crippen molar-refractivity contribution in [3.8, 4) is 0 Å². The van der Waals surface area contributed by atoms with E-state index in [1.807, 2.05) is 36.5 Å². The Morgan fingerprint density at radius 2 is 1.82 bits per heavy atom. The van der Waals surface area contributed by atoms with Gasteiger partial charge in [0.25, 0.3) is 0 Å². The minimum atomic E-state index is -0.463. The van der Waals surface area contributed by atoms with Gasteiger partial charge in [-0.25, -0.2) is 9.18 Å². The molecule has 0 saturated heterocycles. The molecular weight excluding hydrogens is 357 g/mol. The second-order valence-corrected chi connectivity index (χ2v) is 6.44. The summed E-state index contributed by atoms with van der Waals surface area (Å²) in [5.41, 5.74) is 2.33. The summed E-state index contributed by atoms with van der Waals surface area (Å²) >= 11 is 0. The summed E-state index contributed by atoms with van der Waals surface area (Å²) < 4.78 is 21.1. The molecule has 0 saturated carbocycles. The first-order valence-corrected chi connectivity index (χ1v) is 9.14. The number of hydrogen-bond acceptors (Lipinski definition) is 2. The molecule has 3 rings (SSSR count). The van der Waals surface area contributed by atoms with Gasteiger partial charge in [0.2, 0.25) is 0 Å². The molecule has 0 unspecified atom stereocenters. The predicted molar refractivity (Wildman–Crippen MR) is 108 cm³/mol. The van der Waals surface area contributed by atoms with Gasteiger partial charge in [0.1, 0.15) is 5.82 Å². The fourth-order valence-corrected chi connectivity index (χ4v) is 2.93. The third-order valence-electron chi connectivity index (χ3n) is 4.44. The van der Waals surface area contributed by atoms with Gasteiger partial charge < -0.3 is 19.5 Å². The van der Waals surface area contributed by atoms with E-state index in [1.54, 1.807) is 30.2 Å². The van der Waals surface area contributed by atoms with Gasteiger partial charge in [0, 0.05) is 32.1 Å². The highest BCUT2D eigenvalue weighted by Crippen LogP contribution is 2.15. The summed E-state index contributed by atoms with van der Waals surface area (Å²) in [6, 6.07) is 19.8. The highest BCUT2D eigenvalue weighted by atomic mass is 19.1. The van der Waals surface area contributed by atoms with Crippen LogP contribution in [-0.4, -0.2) is 35.8 Å². The van der Waals surface area contributed by atoms with Crippen LogP contribution in [0.1, 0.15) is 11.3 Å². The highest BCUT2D eigenvalue weighted by molar-refractivity contribution is 5.89. The topological polar surface area (TPSA) is 46.5 Å². The number of anilines is 1. The number of nitrogens with zero attached hydrogens (tertiary/aromatic N) is 2. The molecule has 1 heterocycles. The highest BCUT2D eigenvalue weighted by Gasteiger charge is 2.17. The smallest absolute Gasteiger partial charge is 0.322 e. The number of halogens is 1. The first-order chi connectivity index (χ1) is 13.7. The van der Waals surface area contributed by atoms with Crippen LogP contribution in [0.15, 0.2) is 72.9 Å². The molecule has 0 aliphatic heterocycles. The van der Waals surface area contributed by atoms with Crippen LogP contribution >= 0.6 is 0 Å². The lowest BCUT2D eigenvalue weighted by Crippen LogP contribution is -2.37. The molecule has 6 heteroatoms. The normalized spacial score (nSPS) is 10.6. The lowest BCUT2D eigenvalue weighted by atomic mass is 10.2. The molecule has 5 nitrogen and oxygen atoms in total. The number of rotatable bonds is 8. The standard InChI is InChI=1S/C22H24FN3O2/c1-28-15-14-26(22(27)24-21-12-6-5-11-20(21)23)17-19-10-7-13-25(19)16-18-8-3-2-4-9-18/h2-13H,14-17H2,1H3,(H,24,27). The molecule has 0 spiro atoms. The van der Waals surface area contributed by atoms with E-state index in [9.17, 15) is 9.18 Å². The van der Waals surface area contributed by atoms with Crippen LogP contribution in [0.4, 0.5) is 14.9 Å². The van der Waals surface area contributed by atoms with Gasteiger partial charge in [0.05, 0.1) is 18.8 Å². The Kier molecular flexibility index (Phi) is 6.81. The van der Waals surface area contributed by atoms with Crippen molar-refractivity contribution in [2.75, 3.05) is 25.6 Å². The maximum absolute atomic E-state index is 13.9. The molecule has 1 aromatic heterocycles. The van der Waals surface area contributed by atoms with E-state index in [-0.39, 0.29) is 11.7 Å². The monoisotopic (exact) mass is 381 g/mol. The van der Waals surface area contributed by atoms with Gasteiger partial charge in [-0.2, -0.15) is 0 Å². The lowest BCUT2D eigenvalue weighted by Gasteiger charge is -2.24. The summed E-state index contributed by atoms with van der Waals surface area (Å²) in [4.78, 5) is 14.4. The van der Waals surface area contributed by atoms with E-state index in [0.717, 1.165) is 12.2 Å². The van der Waals surface area contributed by atoms with Gasteiger partial charge >= 0.3 is 6.03 Å². The second-order valence-electron chi connectivity index (χ2n) is 6.44. The quantitative estimate of drug-likeness (QED) is 0.630. The number of amides is 2. The Hall–Kier alpha value is -3.12. The molecular formula is C22H24FN3O2. The minimum absolute atomic E-state index is 0.162. The SMILES string of the molecule is COCCN(Cc1cccn1Cc1ccccc1)C(=O)Nc1ccccc1F. The van der Waals surface area contributed by atoms with Crippen molar-refractivity contribution in [1.82, 2.24) is 9.47 Å². The largest absolute Gasteiger partial charge is 0.383 e. The zero-order valence-electron chi connectivity index (χ0n) is 15.8. The van der Waals surface area contributed by atoms with E-state index >= 15 is 0 Å². The molecule has 146 valence electrons. The summed E-state index contributed by atoms with van der Waals surface area (Å²) in [6.07, 6.45) is 1.99. The zero-order chi connectivity index (χ0) is 19.8. The summed E-state index contributed by atoms with van der Waals surface area (Å²) in [5.74, 6) is -0.463. The number of urea groups is 1. The first-order valence-electron chi connectivity index (χ1n) is 9.14. The first kappa shape index (κ1) is 19.6. The van der Waals surface area contributed by atoms with E-state index < -0.39 is 5.82 Å². The van der Waals surface area contributed by atoms with Crippen molar-refractivity contribution in [3.05, 3.63) is 90.0 Å². The zero-order valence-corrected chi connectivity index (χ0v) is 15.8. The van der Waals surface area contributed by atoms with Crippen LogP contribution in [-0.2, 0) is 17.8 Å². The molecule has 1 N–H and O–H groups in total. The number of benzene rings is 2. The second kappa shape index (κ2) is 9.71. The third-order valence-corrected chi connectivity index (χ3v) is 4.44. The molecule has 3 aromatic rings. The van der Waals surface area contributed by atoms with Crippen molar-refractivity contribution in [2.45, 2.75) is 13.1 Å². The van der Waals surface area contributed by atoms with E-state index in [2.05, 4.69) is 22.0 Å². The summed E-state index contributed by atoms with van der Waals surface area (Å²) in [6.45, 7) is 1.90.